The zero-order valence-corrected chi connectivity index (χ0v) is 11.2. The van der Waals surface area contributed by atoms with Gasteiger partial charge in [0.15, 0.2) is 0 Å². The van der Waals surface area contributed by atoms with Gasteiger partial charge in [-0.05, 0) is 49.2 Å². The van der Waals surface area contributed by atoms with Crippen molar-refractivity contribution in [1.29, 1.82) is 0 Å². The second-order valence-corrected chi connectivity index (χ2v) is 4.81. The Morgan fingerprint density at radius 2 is 1.68 bits per heavy atom. The number of nitrogens with two attached hydrogens (primary N) is 1. The lowest BCUT2D eigenvalue weighted by Gasteiger charge is -2.15. The quantitative estimate of drug-likeness (QED) is 0.827. The molecule has 2 rings (SSSR count). The summed E-state index contributed by atoms with van der Waals surface area (Å²) in [4.78, 5) is 0. The van der Waals surface area contributed by atoms with E-state index in [1.54, 1.807) is 12.1 Å². The number of rotatable bonds is 4. The first kappa shape index (κ1) is 13.4. The molecule has 1 atom stereocenters. The van der Waals surface area contributed by atoms with E-state index in [0.29, 0.717) is 5.69 Å². The van der Waals surface area contributed by atoms with Gasteiger partial charge in [0.2, 0.25) is 0 Å². The number of hydrogen-bond acceptors (Lipinski definition) is 3. The van der Waals surface area contributed by atoms with Gasteiger partial charge in [-0.1, -0.05) is 24.3 Å². The lowest BCUT2D eigenvalue weighted by atomic mass is 10.0. The third-order valence-corrected chi connectivity index (χ3v) is 2.80. The molecule has 0 aliphatic carbocycles. The summed E-state index contributed by atoms with van der Waals surface area (Å²) in [6.45, 7) is 3.95. The average molecular weight is 257 g/mol. The van der Waals surface area contributed by atoms with Crippen molar-refractivity contribution in [3.8, 4) is 5.75 Å². The van der Waals surface area contributed by atoms with E-state index >= 15 is 0 Å². The van der Waals surface area contributed by atoms with Gasteiger partial charge in [0, 0.05) is 5.69 Å². The molecule has 3 N–H and O–H groups in total. The summed E-state index contributed by atoms with van der Waals surface area (Å²) in [6.07, 6.45) is -0.555. The van der Waals surface area contributed by atoms with Gasteiger partial charge < -0.3 is 15.6 Å². The highest BCUT2D eigenvalue weighted by Gasteiger charge is 2.11. The number of hydrogen-bond donors (Lipinski definition) is 2. The van der Waals surface area contributed by atoms with E-state index in [-0.39, 0.29) is 6.10 Å². The van der Waals surface area contributed by atoms with E-state index in [2.05, 4.69) is 0 Å². The molecule has 0 saturated heterocycles. The van der Waals surface area contributed by atoms with Crippen LogP contribution in [0, 0.1) is 0 Å². The first-order valence-electron chi connectivity index (χ1n) is 6.36. The maximum atomic E-state index is 10.3. The summed E-state index contributed by atoms with van der Waals surface area (Å²) in [5.41, 5.74) is 7.95. The zero-order chi connectivity index (χ0) is 13.8. The molecule has 0 amide bonds. The largest absolute Gasteiger partial charge is 0.491 e. The van der Waals surface area contributed by atoms with Gasteiger partial charge in [-0.15, -0.1) is 0 Å². The number of aliphatic hydroxyl groups excluding tert-OH is 1. The van der Waals surface area contributed by atoms with E-state index in [4.69, 9.17) is 10.5 Å². The molecule has 0 aliphatic heterocycles. The van der Waals surface area contributed by atoms with Crippen molar-refractivity contribution in [3.05, 3.63) is 59.7 Å². The summed E-state index contributed by atoms with van der Waals surface area (Å²) in [6, 6.07) is 14.7. The molecule has 0 aromatic heterocycles. The number of anilines is 1. The Hall–Kier alpha value is -2.00. The zero-order valence-electron chi connectivity index (χ0n) is 11.2. The van der Waals surface area contributed by atoms with Crippen molar-refractivity contribution in [2.45, 2.75) is 26.1 Å². The number of aliphatic hydroxyl groups is 1. The molecule has 2 aromatic rings. The number of benzene rings is 2. The Morgan fingerprint density at radius 1 is 1.00 bits per heavy atom. The van der Waals surface area contributed by atoms with Crippen molar-refractivity contribution in [3.63, 3.8) is 0 Å². The SMILES string of the molecule is CC(C)Oc1cccc(C(O)c2ccc(N)cc2)c1. The summed E-state index contributed by atoms with van der Waals surface area (Å²) in [5, 5.41) is 10.3. The molecular weight excluding hydrogens is 238 g/mol. The molecule has 2 aromatic carbocycles. The molecular formula is C16H19NO2. The molecule has 0 bridgehead atoms. The average Bonchev–Trinajstić information content (AvgIpc) is 2.38. The molecule has 1 unspecified atom stereocenters. The highest BCUT2D eigenvalue weighted by atomic mass is 16.5. The fourth-order valence-electron chi connectivity index (χ4n) is 1.90. The Balaban J connectivity index is 2.23. The lowest BCUT2D eigenvalue weighted by molar-refractivity contribution is 0.216. The first-order chi connectivity index (χ1) is 9.06. The highest BCUT2D eigenvalue weighted by Crippen LogP contribution is 2.26. The van der Waals surface area contributed by atoms with Gasteiger partial charge >= 0.3 is 0 Å². The smallest absolute Gasteiger partial charge is 0.120 e. The summed E-state index contributed by atoms with van der Waals surface area (Å²) in [5.74, 6) is 0.766. The molecule has 0 fully saturated rings. The minimum absolute atomic E-state index is 0.115. The molecule has 3 nitrogen and oxygen atoms in total. The van der Waals surface area contributed by atoms with E-state index in [0.717, 1.165) is 16.9 Å². The lowest BCUT2D eigenvalue weighted by Crippen LogP contribution is -2.06. The summed E-state index contributed by atoms with van der Waals surface area (Å²) in [7, 11) is 0. The molecule has 0 spiro atoms. The summed E-state index contributed by atoms with van der Waals surface area (Å²) < 4.78 is 5.63. The molecule has 0 saturated carbocycles. The van der Waals surface area contributed by atoms with E-state index in [9.17, 15) is 5.11 Å². The van der Waals surface area contributed by atoms with Gasteiger partial charge in [0.05, 0.1) is 6.10 Å². The van der Waals surface area contributed by atoms with Crippen molar-refractivity contribution >= 4 is 5.69 Å². The minimum Gasteiger partial charge on any atom is -0.491 e. The van der Waals surface area contributed by atoms with Crippen LogP contribution in [0.5, 0.6) is 5.75 Å². The third kappa shape index (κ3) is 3.48. The van der Waals surface area contributed by atoms with Gasteiger partial charge in [-0.2, -0.15) is 0 Å². The molecule has 0 heterocycles. The van der Waals surface area contributed by atoms with Crippen LogP contribution in [0.1, 0.15) is 31.1 Å². The van der Waals surface area contributed by atoms with Crippen molar-refractivity contribution in [2.75, 3.05) is 5.73 Å². The van der Waals surface area contributed by atoms with Crippen molar-refractivity contribution in [2.24, 2.45) is 0 Å². The van der Waals surface area contributed by atoms with Crippen molar-refractivity contribution < 1.29 is 9.84 Å². The van der Waals surface area contributed by atoms with Crippen LogP contribution in [0.3, 0.4) is 0 Å². The molecule has 100 valence electrons. The van der Waals surface area contributed by atoms with Crippen LogP contribution in [-0.4, -0.2) is 11.2 Å². The van der Waals surface area contributed by atoms with Crippen LogP contribution >= 0.6 is 0 Å². The third-order valence-electron chi connectivity index (χ3n) is 2.80. The van der Waals surface area contributed by atoms with Crippen LogP contribution in [-0.2, 0) is 0 Å². The van der Waals surface area contributed by atoms with E-state index in [1.807, 2.05) is 50.2 Å². The van der Waals surface area contributed by atoms with Gasteiger partial charge in [-0.25, -0.2) is 0 Å². The molecule has 19 heavy (non-hydrogen) atoms. The second kappa shape index (κ2) is 5.76. The molecule has 0 radical (unpaired) electrons. The molecule has 3 heteroatoms. The number of ether oxygens (including phenoxy) is 1. The van der Waals surface area contributed by atoms with Crippen LogP contribution in [0.25, 0.3) is 0 Å². The fraction of sp³-hybridized carbons (Fsp3) is 0.250. The molecule has 0 aliphatic rings. The maximum Gasteiger partial charge on any atom is 0.120 e. The predicted octanol–water partition coefficient (Wildman–Crippen LogP) is 3.14. The highest BCUT2D eigenvalue weighted by molar-refractivity contribution is 5.42. The van der Waals surface area contributed by atoms with Gasteiger partial charge in [-0.3, -0.25) is 0 Å². The Bertz CT molecular complexity index is 535. The van der Waals surface area contributed by atoms with Crippen molar-refractivity contribution in [1.82, 2.24) is 0 Å². The van der Waals surface area contributed by atoms with Crippen LogP contribution in [0.2, 0.25) is 0 Å². The Labute approximate surface area is 113 Å². The van der Waals surface area contributed by atoms with Crippen LogP contribution in [0.15, 0.2) is 48.5 Å². The van der Waals surface area contributed by atoms with Crippen LogP contribution < -0.4 is 10.5 Å². The Morgan fingerprint density at radius 3 is 2.32 bits per heavy atom. The van der Waals surface area contributed by atoms with Gasteiger partial charge in [0.1, 0.15) is 11.9 Å². The Kier molecular flexibility index (Phi) is 4.07. The monoisotopic (exact) mass is 257 g/mol. The minimum atomic E-state index is -0.670. The first-order valence-corrected chi connectivity index (χ1v) is 6.36. The van der Waals surface area contributed by atoms with E-state index in [1.165, 1.54) is 0 Å². The normalized spacial score (nSPS) is 12.4. The predicted molar refractivity (Wildman–Crippen MR) is 77.1 cm³/mol. The van der Waals surface area contributed by atoms with E-state index < -0.39 is 6.10 Å². The van der Waals surface area contributed by atoms with Gasteiger partial charge in [0.25, 0.3) is 0 Å². The second-order valence-electron chi connectivity index (χ2n) is 4.81. The number of nitrogen functional groups attached to an aromatic ring is 1. The topological polar surface area (TPSA) is 55.5 Å². The van der Waals surface area contributed by atoms with Crippen LogP contribution in [0.4, 0.5) is 5.69 Å². The summed E-state index contributed by atoms with van der Waals surface area (Å²) >= 11 is 0. The maximum absolute atomic E-state index is 10.3. The fourth-order valence-corrected chi connectivity index (χ4v) is 1.90. The standard InChI is InChI=1S/C16H19NO2/c1-11(2)19-15-5-3-4-13(10-15)16(18)12-6-8-14(17)9-7-12/h3-11,16,18H,17H2,1-2H3.